The summed E-state index contributed by atoms with van der Waals surface area (Å²) >= 11 is 0. The van der Waals surface area contributed by atoms with Gasteiger partial charge in [-0.15, -0.1) is 0 Å². The molecule has 5 heteroatoms. The number of carbonyl (C=O) groups is 2. The lowest BCUT2D eigenvalue weighted by molar-refractivity contribution is -0.144. The Hall–Kier alpha value is -1.88. The third-order valence-electron chi connectivity index (χ3n) is 3.33. The van der Waals surface area contributed by atoms with Gasteiger partial charge in [0.2, 0.25) is 5.91 Å². The van der Waals surface area contributed by atoms with Crippen molar-refractivity contribution in [3.8, 4) is 0 Å². The van der Waals surface area contributed by atoms with E-state index in [1.165, 1.54) is 4.90 Å². The van der Waals surface area contributed by atoms with Crippen molar-refractivity contribution in [2.24, 2.45) is 0 Å². The molecule has 0 radical (unpaired) electrons. The molecule has 0 fully saturated rings. The van der Waals surface area contributed by atoms with Gasteiger partial charge in [-0.25, -0.2) is 0 Å². The molecule has 19 heavy (non-hydrogen) atoms. The lowest BCUT2D eigenvalue weighted by atomic mass is 9.99. The maximum Gasteiger partial charge on any atom is 0.323 e. The number of carbonyl (C=O) groups excluding carboxylic acids is 1. The van der Waals surface area contributed by atoms with Gasteiger partial charge in [0.15, 0.2) is 0 Å². The van der Waals surface area contributed by atoms with E-state index >= 15 is 0 Å². The van der Waals surface area contributed by atoms with Gasteiger partial charge in [0, 0.05) is 12.7 Å². The molecular formula is C14H20N2O3. The predicted molar refractivity (Wildman–Crippen MR) is 74.2 cm³/mol. The summed E-state index contributed by atoms with van der Waals surface area (Å²) in [6, 6.07) is 9.22. The summed E-state index contributed by atoms with van der Waals surface area (Å²) in [5, 5.41) is 11.9. The minimum absolute atomic E-state index is 0.0119. The van der Waals surface area contributed by atoms with Gasteiger partial charge in [-0.3, -0.25) is 14.9 Å². The number of rotatable bonds is 6. The van der Waals surface area contributed by atoms with Crippen molar-refractivity contribution < 1.29 is 14.7 Å². The fraction of sp³-hybridized carbons (Fsp3) is 0.429. The van der Waals surface area contributed by atoms with E-state index in [1.54, 1.807) is 20.9 Å². The van der Waals surface area contributed by atoms with E-state index in [1.807, 2.05) is 30.3 Å². The highest BCUT2D eigenvalue weighted by Crippen LogP contribution is 2.12. The zero-order chi connectivity index (χ0) is 14.5. The first-order valence-corrected chi connectivity index (χ1v) is 6.20. The molecule has 1 unspecified atom stereocenters. The minimum atomic E-state index is -1.08. The van der Waals surface area contributed by atoms with Crippen LogP contribution in [-0.2, 0) is 9.59 Å². The van der Waals surface area contributed by atoms with Crippen LogP contribution in [-0.4, -0.2) is 36.1 Å². The van der Waals surface area contributed by atoms with Gasteiger partial charge in [0.05, 0.1) is 6.54 Å². The number of anilines is 1. The molecule has 0 spiro atoms. The molecule has 0 saturated heterocycles. The first-order valence-electron chi connectivity index (χ1n) is 6.20. The number of hydrogen-bond donors (Lipinski definition) is 2. The van der Waals surface area contributed by atoms with Crippen molar-refractivity contribution >= 4 is 17.6 Å². The second-order valence-electron chi connectivity index (χ2n) is 4.63. The van der Waals surface area contributed by atoms with E-state index in [9.17, 15) is 9.59 Å². The molecule has 0 aliphatic rings. The summed E-state index contributed by atoms with van der Waals surface area (Å²) in [5.74, 6) is -1.13. The Morgan fingerprint density at radius 1 is 1.32 bits per heavy atom. The highest BCUT2D eigenvalue weighted by atomic mass is 16.4. The molecule has 1 atom stereocenters. The number of carboxylic acids is 1. The van der Waals surface area contributed by atoms with Gasteiger partial charge in [0.25, 0.3) is 0 Å². The van der Waals surface area contributed by atoms with Gasteiger partial charge in [-0.05, 0) is 25.5 Å². The first kappa shape index (κ1) is 15.2. The monoisotopic (exact) mass is 264 g/mol. The number of nitrogens with zero attached hydrogens (tertiary/aromatic N) is 1. The molecule has 2 N–H and O–H groups in total. The average molecular weight is 264 g/mol. The van der Waals surface area contributed by atoms with Crippen LogP contribution in [0, 0.1) is 0 Å². The fourth-order valence-electron chi connectivity index (χ4n) is 1.54. The molecule has 1 amide bonds. The fourth-order valence-corrected chi connectivity index (χ4v) is 1.54. The Bertz CT molecular complexity index is 447. The lowest BCUT2D eigenvalue weighted by Gasteiger charge is -2.26. The standard InChI is InChI=1S/C14H20N2O3/c1-4-14(2,13(18)19)15-10-12(17)16(3)11-8-6-5-7-9-11/h5-9,15H,4,10H2,1-3H3,(H,18,19). The molecule has 0 aliphatic heterocycles. The van der Waals surface area contributed by atoms with Crippen LogP contribution in [0.15, 0.2) is 30.3 Å². The normalized spacial score (nSPS) is 13.6. The van der Waals surface area contributed by atoms with E-state index < -0.39 is 11.5 Å². The molecule has 1 rings (SSSR count). The molecule has 0 aromatic heterocycles. The molecule has 104 valence electrons. The predicted octanol–water partition coefficient (Wildman–Crippen LogP) is 1.49. The maximum absolute atomic E-state index is 12.0. The van der Waals surface area contributed by atoms with Crippen molar-refractivity contribution in [3.63, 3.8) is 0 Å². The summed E-state index contributed by atoms with van der Waals surface area (Å²) in [7, 11) is 1.67. The second kappa shape index (κ2) is 6.33. The number of likely N-dealkylation sites (N-methyl/N-ethyl adjacent to an activating group) is 1. The summed E-state index contributed by atoms with van der Waals surface area (Å²) in [6.45, 7) is 3.33. The van der Waals surface area contributed by atoms with E-state index in [4.69, 9.17) is 5.11 Å². The molecule has 1 aromatic carbocycles. The van der Waals surface area contributed by atoms with Crippen LogP contribution in [0.3, 0.4) is 0 Å². The Labute approximate surface area is 113 Å². The number of para-hydroxylation sites is 1. The topological polar surface area (TPSA) is 69.6 Å². The number of nitrogens with one attached hydrogen (secondary N) is 1. The average Bonchev–Trinajstić information content (AvgIpc) is 2.44. The van der Waals surface area contributed by atoms with E-state index in [-0.39, 0.29) is 12.5 Å². The Balaban J connectivity index is 2.63. The summed E-state index contributed by atoms with van der Waals surface area (Å²) in [5.41, 5.74) is -0.296. The van der Waals surface area contributed by atoms with Crippen molar-refractivity contribution in [3.05, 3.63) is 30.3 Å². The molecule has 0 aliphatic carbocycles. The number of aliphatic carboxylic acids is 1. The Morgan fingerprint density at radius 2 is 1.89 bits per heavy atom. The highest BCUT2D eigenvalue weighted by Gasteiger charge is 2.31. The smallest absolute Gasteiger partial charge is 0.323 e. The van der Waals surface area contributed by atoms with E-state index in [0.717, 1.165) is 5.69 Å². The van der Waals surface area contributed by atoms with Gasteiger partial charge in [0.1, 0.15) is 5.54 Å². The van der Waals surface area contributed by atoms with Crippen LogP contribution in [0.4, 0.5) is 5.69 Å². The Kier molecular flexibility index (Phi) is 5.06. The van der Waals surface area contributed by atoms with E-state index in [0.29, 0.717) is 6.42 Å². The van der Waals surface area contributed by atoms with Crippen molar-refractivity contribution in [2.75, 3.05) is 18.5 Å². The first-order chi connectivity index (χ1) is 8.90. The van der Waals surface area contributed by atoms with Crippen LogP contribution < -0.4 is 10.2 Å². The SMILES string of the molecule is CCC(C)(NCC(=O)N(C)c1ccccc1)C(=O)O. The second-order valence-corrected chi connectivity index (χ2v) is 4.63. The molecule has 0 saturated carbocycles. The summed E-state index contributed by atoms with van der Waals surface area (Å²) < 4.78 is 0. The number of hydrogen-bond acceptors (Lipinski definition) is 3. The van der Waals surface area contributed by atoms with Crippen LogP contribution in [0.25, 0.3) is 0 Å². The van der Waals surface area contributed by atoms with E-state index in [2.05, 4.69) is 5.32 Å². The lowest BCUT2D eigenvalue weighted by Crippen LogP contribution is -2.52. The van der Waals surface area contributed by atoms with Gasteiger partial charge >= 0.3 is 5.97 Å². The molecule has 1 aromatic rings. The number of amides is 1. The van der Waals surface area contributed by atoms with Crippen LogP contribution in [0.1, 0.15) is 20.3 Å². The largest absolute Gasteiger partial charge is 0.480 e. The van der Waals surface area contributed by atoms with Gasteiger partial charge in [-0.1, -0.05) is 25.1 Å². The highest BCUT2D eigenvalue weighted by molar-refractivity contribution is 5.94. The quantitative estimate of drug-likeness (QED) is 0.816. The third kappa shape index (κ3) is 3.79. The van der Waals surface area contributed by atoms with Crippen molar-refractivity contribution in [1.29, 1.82) is 0 Å². The van der Waals surface area contributed by atoms with Crippen LogP contribution >= 0.6 is 0 Å². The molecule has 0 heterocycles. The Morgan fingerprint density at radius 3 is 2.37 bits per heavy atom. The number of carboxylic acid groups (broad SMARTS) is 1. The van der Waals surface area contributed by atoms with Crippen LogP contribution in [0.5, 0.6) is 0 Å². The zero-order valence-electron chi connectivity index (χ0n) is 11.5. The maximum atomic E-state index is 12.0. The van der Waals surface area contributed by atoms with Crippen molar-refractivity contribution in [1.82, 2.24) is 5.32 Å². The van der Waals surface area contributed by atoms with Gasteiger partial charge in [-0.2, -0.15) is 0 Å². The third-order valence-corrected chi connectivity index (χ3v) is 3.33. The van der Waals surface area contributed by atoms with Gasteiger partial charge < -0.3 is 10.0 Å². The van der Waals surface area contributed by atoms with Crippen LogP contribution in [0.2, 0.25) is 0 Å². The zero-order valence-corrected chi connectivity index (χ0v) is 11.5. The molecule has 5 nitrogen and oxygen atoms in total. The minimum Gasteiger partial charge on any atom is -0.480 e. The molecular weight excluding hydrogens is 244 g/mol. The summed E-state index contributed by atoms with van der Waals surface area (Å²) in [6.07, 6.45) is 0.407. The molecule has 0 bridgehead atoms. The number of benzene rings is 1. The van der Waals surface area contributed by atoms with Crippen molar-refractivity contribution in [2.45, 2.75) is 25.8 Å². The summed E-state index contributed by atoms with van der Waals surface area (Å²) in [4.78, 5) is 24.6.